The van der Waals surface area contributed by atoms with Crippen molar-refractivity contribution in [2.45, 2.75) is 19.1 Å². The highest BCUT2D eigenvalue weighted by molar-refractivity contribution is 7.91. The third-order valence-electron chi connectivity index (χ3n) is 5.44. The molecule has 1 aliphatic heterocycles. The molecule has 0 radical (unpaired) electrons. The topological polar surface area (TPSA) is 97.7 Å². The largest absolute Gasteiger partial charge is 0.416 e. The zero-order chi connectivity index (χ0) is 27.2. The molecule has 3 amide bonds. The van der Waals surface area contributed by atoms with E-state index in [-0.39, 0.29) is 24.5 Å². The molecule has 8 nitrogen and oxygen atoms in total. The molecule has 0 bridgehead atoms. The first-order chi connectivity index (χ1) is 16.5. The number of likely N-dealkylation sites (N-methyl/N-ethyl adjacent to an activating group) is 1. The van der Waals surface area contributed by atoms with Gasteiger partial charge in [-0.2, -0.15) is 13.2 Å². The smallest absolute Gasteiger partial charge is 0.321 e. The predicted octanol–water partition coefficient (Wildman–Crippen LogP) is 4.29. The van der Waals surface area contributed by atoms with Crippen LogP contribution in [0.5, 0.6) is 0 Å². The van der Waals surface area contributed by atoms with Crippen LogP contribution in [0.4, 0.5) is 38.3 Å². The third-order valence-corrected chi connectivity index (χ3v) is 6.75. The van der Waals surface area contributed by atoms with E-state index in [2.05, 4.69) is 4.98 Å². The van der Waals surface area contributed by atoms with Crippen LogP contribution in [0.3, 0.4) is 0 Å². The second-order valence-corrected chi connectivity index (χ2v) is 11.1. The van der Waals surface area contributed by atoms with E-state index in [0.29, 0.717) is 6.07 Å². The van der Waals surface area contributed by atoms with Crippen molar-refractivity contribution in [3.8, 4) is 0 Å². The lowest BCUT2D eigenvalue weighted by Crippen LogP contribution is -2.47. The maximum absolute atomic E-state index is 14.6. The lowest BCUT2D eigenvalue weighted by Gasteiger charge is -2.27. The van der Waals surface area contributed by atoms with Gasteiger partial charge in [0, 0.05) is 41.0 Å². The molecular weight excluding hydrogens is 533 g/mol. The van der Waals surface area contributed by atoms with Crippen molar-refractivity contribution in [3.63, 3.8) is 0 Å². The molecule has 15 heteroatoms. The van der Waals surface area contributed by atoms with E-state index in [1.165, 1.54) is 6.92 Å². The van der Waals surface area contributed by atoms with E-state index in [9.17, 15) is 35.8 Å². The fraction of sp³-hybridized carbons (Fsp3) is 0.381. The van der Waals surface area contributed by atoms with Crippen molar-refractivity contribution < 1.29 is 35.8 Å². The summed E-state index contributed by atoms with van der Waals surface area (Å²) in [7, 11) is -1.90. The summed E-state index contributed by atoms with van der Waals surface area (Å²) in [6.07, 6.45) is -3.62. The van der Waals surface area contributed by atoms with Crippen LogP contribution in [0.25, 0.3) is 0 Å². The summed E-state index contributed by atoms with van der Waals surface area (Å²) in [5.41, 5.74) is -1.60. The molecule has 1 aromatic heterocycles. The van der Waals surface area contributed by atoms with Crippen LogP contribution in [0, 0.1) is 23.3 Å². The van der Waals surface area contributed by atoms with E-state index in [1.807, 2.05) is 0 Å². The van der Waals surface area contributed by atoms with E-state index < -0.39 is 67.6 Å². The minimum atomic E-state index is -4.77. The first-order valence-electron chi connectivity index (χ1n) is 10.3. The van der Waals surface area contributed by atoms with Gasteiger partial charge >= 0.3 is 12.2 Å². The molecule has 0 aliphatic carbocycles. The fourth-order valence-corrected chi connectivity index (χ4v) is 4.36. The lowest BCUT2D eigenvalue weighted by atomic mass is 10.1. The Hall–Kier alpha value is -3.00. The Kier molecular flexibility index (Phi) is 7.51. The highest BCUT2D eigenvalue weighted by Crippen LogP contribution is 2.34. The van der Waals surface area contributed by atoms with Crippen LogP contribution < -0.4 is 9.80 Å². The number of amides is 3. The normalized spacial score (nSPS) is 17.9. The Morgan fingerprint density at radius 2 is 1.94 bits per heavy atom. The zero-order valence-corrected chi connectivity index (χ0v) is 20.8. The second-order valence-electron chi connectivity index (χ2n) is 8.27. The van der Waals surface area contributed by atoms with Crippen molar-refractivity contribution in [3.05, 3.63) is 52.2 Å². The molecule has 2 atom stereocenters. The number of alkyl halides is 3. The lowest BCUT2D eigenvalue weighted by molar-refractivity contribution is -0.137. The Balaban J connectivity index is 2.07. The number of carbonyl (C=O) groups is 2. The van der Waals surface area contributed by atoms with Crippen LogP contribution in [-0.4, -0.2) is 64.2 Å². The van der Waals surface area contributed by atoms with Crippen molar-refractivity contribution in [2.24, 2.45) is 0 Å². The van der Waals surface area contributed by atoms with Gasteiger partial charge in [0.05, 0.1) is 17.8 Å². The number of rotatable bonds is 6. The van der Waals surface area contributed by atoms with E-state index in [4.69, 9.17) is 16.4 Å². The maximum Gasteiger partial charge on any atom is 0.416 e. The van der Waals surface area contributed by atoms with Crippen LogP contribution in [0.15, 0.2) is 24.3 Å². The number of pyridine rings is 1. The number of urea groups is 1. The molecule has 196 valence electrons. The number of aromatic nitrogens is 1. The SMILES string of the molecule is Cc1cc(C(F)(F)F)cc(N2C(=O)N(CCS(C)(=N)=O)CC2C(=O)N(C)c2ccc(F)c(Cl)c2F)n1. The summed E-state index contributed by atoms with van der Waals surface area (Å²) in [5, 5.41) is -0.864. The van der Waals surface area contributed by atoms with E-state index >= 15 is 0 Å². The van der Waals surface area contributed by atoms with Gasteiger partial charge in [-0.1, -0.05) is 11.6 Å². The minimum Gasteiger partial charge on any atom is -0.321 e. The number of nitrogens with zero attached hydrogens (tertiary/aromatic N) is 4. The van der Waals surface area contributed by atoms with E-state index in [0.717, 1.165) is 46.2 Å². The van der Waals surface area contributed by atoms with Crippen LogP contribution >= 0.6 is 11.6 Å². The van der Waals surface area contributed by atoms with Gasteiger partial charge in [0.25, 0.3) is 5.91 Å². The van der Waals surface area contributed by atoms with Gasteiger partial charge in [-0.15, -0.1) is 0 Å². The number of nitrogens with one attached hydrogen (secondary N) is 1. The molecule has 2 aromatic rings. The molecular formula is C21H21ClF5N5O3S. The number of hydrogen-bond acceptors (Lipinski definition) is 5. The Bertz CT molecular complexity index is 1320. The summed E-state index contributed by atoms with van der Waals surface area (Å²) < 4.78 is 87.8. The summed E-state index contributed by atoms with van der Waals surface area (Å²) in [6, 6.07) is 0.781. The van der Waals surface area contributed by atoms with Gasteiger partial charge in [0.1, 0.15) is 22.7 Å². The summed E-state index contributed by atoms with van der Waals surface area (Å²) >= 11 is 5.60. The standard InChI is InChI=1S/C21H21ClF5N5O3S/c1-11-8-12(21(25,26)27)9-16(29-11)32-15(10-31(20(32)34)6-7-36(3,28)35)19(33)30(2)14-5-4-13(23)17(22)18(14)24/h4-5,8-9,15,28H,6-7,10H2,1-3H3. The number of aryl methyl sites for hydroxylation is 1. The van der Waals surface area contributed by atoms with Gasteiger partial charge in [-0.05, 0) is 31.2 Å². The van der Waals surface area contributed by atoms with Gasteiger partial charge in [-0.25, -0.2) is 18.6 Å². The molecule has 1 fully saturated rings. The molecule has 2 heterocycles. The Labute approximate surface area is 208 Å². The van der Waals surface area contributed by atoms with Gasteiger partial charge in [-0.3, -0.25) is 18.7 Å². The molecule has 1 N–H and O–H groups in total. The highest BCUT2D eigenvalue weighted by Gasteiger charge is 2.45. The number of halogens is 6. The number of carbonyl (C=O) groups excluding carboxylic acids is 2. The Morgan fingerprint density at radius 1 is 1.31 bits per heavy atom. The molecule has 0 saturated carbocycles. The molecule has 0 spiro atoms. The van der Waals surface area contributed by atoms with Crippen molar-refractivity contribution in [1.82, 2.24) is 9.88 Å². The maximum atomic E-state index is 14.6. The van der Waals surface area contributed by atoms with Gasteiger partial charge < -0.3 is 9.80 Å². The average Bonchev–Trinajstić information content (AvgIpc) is 3.10. The van der Waals surface area contributed by atoms with Crippen molar-refractivity contribution in [2.75, 3.05) is 41.9 Å². The minimum absolute atomic E-state index is 0.0790. The molecule has 1 aliphatic rings. The Morgan fingerprint density at radius 3 is 2.53 bits per heavy atom. The first-order valence-corrected chi connectivity index (χ1v) is 12.8. The molecule has 1 aromatic carbocycles. The zero-order valence-electron chi connectivity index (χ0n) is 19.2. The predicted molar refractivity (Wildman–Crippen MR) is 124 cm³/mol. The van der Waals surface area contributed by atoms with Gasteiger partial charge in [0.2, 0.25) is 0 Å². The van der Waals surface area contributed by atoms with Crippen LogP contribution in [0.2, 0.25) is 5.02 Å². The number of benzene rings is 1. The molecule has 36 heavy (non-hydrogen) atoms. The van der Waals surface area contributed by atoms with Crippen molar-refractivity contribution in [1.29, 1.82) is 4.78 Å². The van der Waals surface area contributed by atoms with Crippen molar-refractivity contribution >= 4 is 44.8 Å². The van der Waals surface area contributed by atoms with Crippen LogP contribution in [0.1, 0.15) is 11.3 Å². The second kappa shape index (κ2) is 9.81. The monoisotopic (exact) mass is 553 g/mol. The van der Waals surface area contributed by atoms with Gasteiger partial charge in [0.15, 0.2) is 5.82 Å². The average molecular weight is 554 g/mol. The fourth-order valence-electron chi connectivity index (χ4n) is 3.63. The third kappa shape index (κ3) is 5.69. The summed E-state index contributed by atoms with van der Waals surface area (Å²) in [5.74, 6) is -3.95. The highest BCUT2D eigenvalue weighted by atomic mass is 35.5. The number of anilines is 2. The van der Waals surface area contributed by atoms with E-state index in [1.54, 1.807) is 0 Å². The molecule has 2 unspecified atom stereocenters. The molecule has 3 rings (SSSR count). The quantitative estimate of drug-likeness (QED) is 0.426. The summed E-state index contributed by atoms with van der Waals surface area (Å²) in [4.78, 5) is 33.2. The van der Waals surface area contributed by atoms with Crippen LogP contribution in [-0.2, 0) is 20.7 Å². The summed E-state index contributed by atoms with van der Waals surface area (Å²) in [6.45, 7) is 0.684. The number of hydrogen-bond donors (Lipinski definition) is 1. The first kappa shape index (κ1) is 27.6. The molecule has 1 saturated heterocycles.